The Morgan fingerprint density at radius 1 is 1.37 bits per heavy atom. The lowest BCUT2D eigenvalue weighted by molar-refractivity contribution is -0.0370. The van der Waals surface area contributed by atoms with Gasteiger partial charge in [-0.1, -0.05) is 12.2 Å². The predicted molar refractivity (Wildman–Crippen MR) is 121 cm³/mol. The molecule has 2 unspecified atom stereocenters. The molecule has 0 aromatic carbocycles. The maximum absolute atomic E-state index is 11.7. The lowest BCUT2D eigenvalue weighted by atomic mass is 9.76. The van der Waals surface area contributed by atoms with Crippen molar-refractivity contribution in [2.45, 2.75) is 39.0 Å². The molecule has 0 bridgehead atoms. The van der Waals surface area contributed by atoms with Gasteiger partial charge in [-0.25, -0.2) is 13.4 Å². The third kappa shape index (κ3) is 6.59. The van der Waals surface area contributed by atoms with Gasteiger partial charge in [-0.2, -0.15) is 0 Å². The maximum Gasteiger partial charge on any atom is 0.194 e. The Morgan fingerprint density at radius 3 is 2.78 bits per heavy atom. The number of sulfone groups is 1. The van der Waals surface area contributed by atoms with Gasteiger partial charge in [0, 0.05) is 31.7 Å². The molecule has 6 nitrogen and oxygen atoms in total. The predicted octanol–water partition coefficient (Wildman–Crippen LogP) is 2.45. The number of likely N-dealkylation sites (tertiary alicyclic amines) is 1. The average Bonchev–Trinajstić information content (AvgIpc) is 2.94. The first-order valence-corrected chi connectivity index (χ1v) is 11.7. The highest BCUT2D eigenvalue weighted by Gasteiger charge is 2.38. The van der Waals surface area contributed by atoms with Crippen molar-refractivity contribution >= 4 is 39.8 Å². The minimum atomic E-state index is -2.84. The van der Waals surface area contributed by atoms with Crippen LogP contribution in [0.4, 0.5) is 0 Å². The molecule has 27 heavy (non-hydrogen) atoms. The van der Waals surface area contributed by atoms with Crippen LogP contribution in [0.5, 0.6) is 0 Å². The topological polar surface area (TPSA) is 71.0 Å². The lowest BCUT2D eigenvalue weighted by Crippen LogP contribution is -2.53. The number of halogens is 1. The van der Waals surface area contributed by atoms with Gasteiger partial charge < -0.3 is 15.0 Å². The van der Waals surface area contributed by atoms with E-state index in [0.717, 1.165) is 57.1 Å². The van der Waals surface area contributed by atoms with Crippen LogP contribution in [-0.4, -0.2) is 70.2 Å². The van der Waals surface area contributed by atoms with Gasteiger partial charge in [0.2, 0.25) is 0 Å². The molecule has 3 heterocycles. The molecule has 3 fully saturated rings. The fourth-order valence-corrected chi connectivity index (χ4v) is 6.23. The summed E-state index contributed by atoms with van der Waals surface area (Å²) in [6.45, 7) is 10.9. The first-order valence-electron chi connectivity index (χ1n) is 9.83. The largest absolute Gasteiger partial charge is 0.381 e. The van der Waals surface area contributed by atoms with E-state index < -0.39 is 9.84 Å². The normalized spacial score (nSPS) is 30.8. The number of guanidine groups is 1. The Balaban J connectivity index is 0.00000261. The first kappa shape index (κ1) is 22.9. The van der Waals surface area contributed by atoms with Crippen LogP contribution in [0.25, 0.3) is 0 Å². The first-order chi connectivity index (χ1) is 12.4. The van der Waals surface area contributed by atoms with Crippen LogP contribution in [0.15, 0.2) is 17.1 Å². The Labute approximate surface area is 181 Å². The number of nitrogens with zero attached hydrogens (tertiary/aromatic N) is 2. The van der Waals surface area contributed by atoms with Crippen molar-refractivity contribution in [2.75, 3.05) is 50.9 Å². The monoisotopic (exact) mass is 511 g/mol. The molecule has 1 spiro atoms. The van der Waals surface area contributed by atoms with E-state index in [0.29, 0.717) is 24.6 Å². The van der Waals surface area contributed by atoms with Gasteiger partial charge in [0.05, 0.1) is 24.7 Å². The maximum atomic E-state index is 11.7. The third-order valence-electron chi connectivity index (χ3n) is 5.74. The summed E-state index contributed by atoms with van der Waals surface area (Å²) in [5, 5.41) is 3.48. The molecule has 1 N–H and O–H groups in total. The van der Waals surface area contributed by atoms with Crippen LogP contribution in [0.2, 0.25) is 0 Å². The van der Waals surface area contributed by atoms with E-state index in [1.54, 1.807) is 0 Å². The minimum absolute atomic E-state index is 0. The van der Waals surface area contributed by atoms with E-state index in [1.165, 1.54) is 12.8 Å². The molecule has 0 radical (unpaired) electrons. The molecule has 3 aliphatic heterocycles. The van der Waals surface area contributed by atoms with Crippen molar-refractivity contribution in [1.82, 2.24) is 10.2 Å². The number of rotatable bonds is 4. The van der Waals surface area contributed by atoms with Crippen LogP contribution in [-0.2, 0) is 14.6 Å². The number of hydrogen-bond acceptors (Lipinski definition) is 4. The van der Waals surface area contributed by atoms with Crippen LogP contribution >= 0.6 is 24.0 Å². The van der Waals surface area contributed by atoms with Gasteiger partial charge in [0.1, 0.15) is 0 Å². The number of nitrogens with one attached hydrogen (secondary N) is 1. The molecule has 3 aliphatic rings. The van der Waals surface area contributed by atoms with Gasteiger partial charge >= 0.3 is 0 Å². The molecule has 3 rings (SSSR count). The molecule has 0 aliphatic carbocycles. The molecule has 8 heteroatoms. The van der Waals surface area contributed by atoms with E-state index in [1.807, 2.05) is 6.92 Å². The Kier molecular flexibility index (Phi) is 8.42. The number of piperidine rings is 1. The third-order valence-corrected chi connectivity index (χ3v) is 7.58. The van der Waals surface area contributed by atoms with Crippen molar-refractivity contribution in [2.24, 2.45) is 16.3 Å². The highest BCUT2D eigenvalue weighted by molar-refractivity contribution is 14.0. The van der Waals surface area contributed by atoms with Crippen LogP contribution < -0.4 is 5.32 Å². The van der Waals surface area contributed by atoms with Crippen LogP contribution in [0.3, 0.4) is 0 Å². The van der Waals surface area contributed by atoms with Gasteiger partial charge in [0.25, 0.3) is 0 Å². The van der Waals surface area contributed by atoms with E-state index in [2.05, 4.69) is 16.8 Å². The zero-order chi connectivity index (χ0) is 18.6. The molecule has 0 saturated carbocycles. The summed E-state index contributed by atoms with van der Waals surface area (Å²) in [5.74, 6) is 1.71. The summed E-state index contributed by atoms with van der Waals surface area (Å²) in [5.41, 5.74) is 1.28. The standard InChI is InChI=1S/C19H33N3O3S.HI/c1-16(2)11-20-18(21-12-17-5-10-26(23,24)13-17)22-8-3-6-19(14-22)7-4-9-25-15-19;/h17H,1,3-15H2,2H3,(H,20,21);1H. The Hall–Kier alpha value is -0.350. The van der Waals surface area contributed by atoms with Gasteiger partial charge in [-0.05, 0) is 44.9 Å². The fourth-order valence-electron chi connectivity index (χ4n) is 4.37. The van der Waals surface area contributed by atoms with E-state index in [9.17, 15) is 8.42 Å². The smallest absolute Gasteiger partial charge is 0.194 e. The zero-order valence-electron chi connectivity index (χ0n) is 16.4. The lowest BCUT2D eigenvalue weighted by Gasteiger charge is -2.45. The van der Waals surface area contributed by atoms with Gasteiger partial charge in [0.15, 0.2) is 15.8 Å². The van der Waals surface area contributed by atoms with Crippen molar-refractivity contribution in [3.05, 3.63) is 12.2 Å². The van der Waals surface area contributed by atoms with Crippen LogP contribution in [0, 0.1) is 11.3 Å². The van der Waals surface area contributed by atoms with Crippen molar-refractivity contribution in [1.29, 1.82) is 0 Å². The summed E-state index contributed by atoms with van der Waals surface area (Å²) in [7, 11) is -2.84. The Morgan fingerprint density at radius 2 is 2.15 bits per heavy atom. The van der Waals surface area contributed by atoms with E-state index >= 15 is 0 Å². The second-order valence-electron chi connectivity index (χ2n) is 8.43. The minimum Gasteiger partial charge on any atom is -0.381 e. The molecular weight excluding hydrogens is 477 g/mol. The van der Waals surface area contributed by atoms with Gasteiger partial charge in [-0.15, -0.1) is 24.0 Å². The second kappa shape index (κ2) is 9.91. The SMILES string of the molecule is C=C(C)CN=C(NCC1CCS(=O)(=O)C1)N1CCCC2(CCCOC2)C1.I. The molecule has 0 aromatic heterocycles. The highest BCUT2D eigenvalue weighted by Crippen LogP contribution is 2.37. The summed E-state index contributed by atoms with van der Waals surface area (Å²) < 4.78 is 29.2. The molecule has 0 amide bonds. The summed E-state index contributed by atoms with van der Waals surface area (Å²) in [4.78, 5) is 7.12. The highest BCUT2D eigenvalue weighted by atomic mass is 127. The van der Waals surface area contributed by atoms with Crippen molar-refractivity contribution in [3.8, 4) is 0 Å². The molecular formula is C19H34IN3O3S. The zero-order valence-corrected chi connectivity index (χ0v) is 19.6. The van der Waals surface area contributed by atoms with E-state index in [-0.39, 0.29) is 35.3 Å². The Bertz CT molecular complexity index is 639. The van der Waals surface area contributed by atoms with Gasteiger partial charge in [-0.3, -0.25) is 0 Å². The van der Waals surface area contributed by atoms with Crippen molar-refractivity contribution < 1.29 is 13.2 Å². The fraction of sp³-hybridized carbons (Fsp3) is 0.842. The average molecular weight is 511 g/mol. The molecule has 3 saturated heterocycles. The summed E-state index contributed by atoms with van der Waals surface area (Å²) in [6.07, 6.45) is 5.48. The van der Waals surface area contributed by atoms with E-state index in [4.69, 9.17) is 9.73 Å². The second-order valence-corrected chi connectivity index (χ2v) is 10.7. The van der Waals surface area contributed by atoms with Crippen molar-refractivity contribution in [3.63, 3.8) is 0 Å². The summed E-state index contributed by atoms with van der Waals surface area (Å²) in [6, 6.07) is 0. The van der Waals surface area contributed by atoms with Crippen LogP contribution in [0.1, 0.15) is 39.0 Å². The molecule has 156 valence electrons. The number of aliphatic imine (C=N–C) groups is 1. The molecule has 0 aromatic rings. The number of hydrogen-bond donors (Lipinski definition) is 1. The summed E-state index contributed by atoms with van der Waals surface area (Å²) >= 11 is 0. The molecule has 2 atom stereocenters. The number of ether oxygens (including phenoxy) is 1. The quantitative estimate of drug-likeness (QED) is 0.272.